The monoisotopic (exact) mass is 532 g/mol. The molecular formula is C23H16Cl2F2N6O3. The summed E-state index contributed by atoms with van der Waals surface area (Å²) < 4.78 is 42.9. The summed E-state index contributed by atoms with van der Waals surface area (Å²) >= 11 is 12.0. The zero-order valence-corrected chi connectivity index (χ0v) is 19.8. The molecule has 36 heavy (non-hydrogen) atoms. The summed E-state index contributed by atoms with van der Waals surface area (Å²) in [5, 5.41) is 0.346. The maximum atomic E-state index is 14.4. The van der Waals surface area contributed by atoms with E-state index in [0.717, 1.165) is 0 Å². The lowest BCUT2D eigenvalue weighted by molar-refractivity contribution is 0.0185. The number of hydrogen-bond acceptors (Lipinski definition) is 7. The third-order valence-electron chi connectivity index (χ3n) is 6.29. The second-order valence-electron chi connectivity index (χ2n) is 8.43. The SMILES string of the molecule is O=C(O[C@@H]1C=C[C@H](n2cc(F)c3c(Cl)ncnc32)C1)O[C@@H]1C=C[C@H](n2cc(F)c3c(Cl)ncnc32)C1. The van der Waals surface area contributed by atoms with Gasteiger partial charge in [0.1, 0.15) is 46.5 Å². The van der Waals surface area contributed by atoms with Crippen molar-refractivity contribution in [1.82, 2.24) is 29.1 Å². The first-order valence-electron chi connectivity index (χ1n) is 11.0. The number of nitrogens with zero attached hydrogens (tertiary/aromatic N) is 6. The van der Waals surface area contributed by atoms with E-state index >= 15 is 0 Å². The number of allylic oxidation sites excluding steroid dienone is 2. The Bertz CT molecular complexity index is 1450. The lowest BCUT2D eigenvalue weighted by Crippen LogP contribution is -2.21. The summed E-state index contributed by atoms with van der Waals surface area (Å²) in [4.78, 5) is 28.3. The van der Waals surface area contributed by atoms with Gasteiger partial charge in [-0.2, -0.15) is 0 Å². The first-order valence-corrected chi connectivity index (χ1v) is 11.7. The minimum Gasteiger partial charge on any atom is -0.427 e. The molecule has 4 atom stereocenters. The van der Waals surface area contributed by atoms with Gasteiger partial charge >= 0.3 is 6.16 Å². The molecule has 0 spiro atoms. The standard InChI is InChI=1S/C23H16Cl2F2N6O3/c24-19-17-15(26)7-32(21(17)30-9-28-19)11-1-3-13(5-11)35-23(34)36-14-4-2-12(6-14)33-8-16(27)18-20(25)29-10-31-22(18)33/h1-4,7-14H,5-6H2/t11-,12-,13+,14+/m0/s1. The van der Waals surface area contributed by atoms with E-state index < -0.39 is 30.0 Å². The van der Waals surface area contributed by atoms with Crippen molar-refractivity contribution in [3.8, 4) is 0 Å². The van der Waals surface area contributed by atoms with Crippen molar-refractivity contribution >= 4 is 51.4 Å². The van der Waals surface area contributed by atoms with Crippen molar-refractivity contribution in [1.29, 1.82) is 0 Å². The average molecular weight is 533 g/mol. The summed E-state index contributed by atoms with van der Waals surface area (Å²) in [6.07, 6.45) is 10.9. The van der Waals surface area contributed by atoms with Crippen molar-refractivity contribution in [2.24, 2.45) is 0 Å². The van der Waals surface area contributed by atoms with Crippen LogP contribution in [-0.2, 0) is 9.47 Å². The third-order valence-corrected chi connectivity index (χ3v) is 6.86. The first-order chi connectivity index (χ1) is 17.4. The molecule has 9 nitrogen and oxygen atoms in total. The topological polar surface area (TPSA) is 97.0 Å². The van der Waals surface area contributed by atoms with Crippen LogP contribution >= 0.6 is 23.2 Å². The van der Waals surface area contributed by atoms with Crippen LogP contribution in [0.5, 0.6) is 0 Å². The van der Waals surface area contributed by atoms with Gasteiger partial charge in [0.2, 0.25) is 0 Å². The smallest absolute Gasteiger partial charge is 0.427 e. The Morgan fingerprint density at radius 1 is 0.778 bits per heavy atom. The fourth-order valence-corrected chi connectivity index (χ4v) is 5.11. The van der Waals surface area contributed by atoms with Crippen molar-refractivity contribution in [2.45, 2.75) is 37.1 Å². The Kier molecular flexibility index (Phi) is 5.60. The molecule has 0 amide bonds. The lowest BCUT2D eigenvalue weighted by Gasteiger charge is -2.17. The summed E-state index contributed by atoms with van der Waals surface area (Å²) in [6.45, 7) is 0. The Hall–Kier alpha value is -3.57. The number of halogens is 4. The number of ether oxygens (including phenoxy) is 2. The van der Waals surface area contributed by atoms with E-state index in [1.54, 1.807) is 33.4 Å². The quantitative estimate of drug-likeness (QED) is 0.198. The van der Waals surface area contributed by atoms with E-state index in [-0.39, 0.29) is 33.2 Å². The number of hydrogen-bond donors (Lipinski definition) is 0. The van der Waals surface area contributed by atoms with Gasteiger partial charge in [-0.25, -0.2) is 33.5 Å². The third kappa shape index (κ3) is 3.88. The van der Waals surface area contributed by atoms with E-state index in [4.69, 9.17) is 32.7 Å². The molecule has 0 unspecified atom stereocenters. The van der Waals surface area contributed by atoms with Crippen LogP contribution in [0.4, 0.5) is 13.6 Å². The molecule has 0 aliphatic heterocycles. The molecule has 0 aromatic carbocycles. The van der Waals surface area contributed by atoms with E-state index in [1.165, 1.54) is 25.0 Å². The predicted octanol–water partition coefficient (Wildman–Crippen LogP) is 5.35. The lowest BCUT2D eigenvalue weighted by atomic mass is 10.2. The minimum absolute atomic E-state index is 0.0312. The van der Waals surface area contributed by atoms with Gasteiger partial charge in [0.05, 0.1) is 22.9 Å². The minimum atomic E-state index is -0.844. The van der Waals surface area contributed by atoms with Gasteiger partial charge in [-0.1, -0.05) is 35.4 Å². The van der Waals surface area contributed by atoms with Crippen molar-refractivity contribution in [3.63, 3.8) is 0 Å². The zero-order chi connectivity index (χ0) is 25.0. The van der Waals surface area contributed by atoms with Crippen LogP contribution in [0.15, 0.2) is 49.4 Å². The van der Waals surface area contributed by atoms with Crippen LogP contribution in [0, 0.1) is 11.6 Å². The van der Waals surface area contributed by atoms with Gasteiger partial charge in [0.25, 0.3) is 0 Å². The number of rotatable bonds is 4. The summed E-state index contributed by atoms with van der Waals surface area (Å²) in [6, 6.07) is -0.579. The fraction of sp³-hybridized carbons (Fsp3) is 0.261. The van der Waals surface area contributed by atoms with Gasteiger partial charge in [-0.05, 0) is 12.2 Å². The number of fused-ring (bicyclic) bond motifs is 2. The molecule has 0 bridgehead atoms. The van der Waals surface area contributed by atoms with Crippen molar-refractivity contribution < 1.29 is 23.0 Å². The van der Waals surface area contributed by atoms with Crippen LogP contribution in [0.1, 0.15) is 24.9 Å². The highest BCUT2D eigenvalue weighted by molar-refractivity contribution is 6.34. The second-order valence-corrected chi connectivity index (χ2v) is 9.15. The highest BCUT2D eigenvalue weighted by Crippen LogP contribution is 2.34. The van der Waals surface area contributed by atoms with Crippen LogP contribution in [0.3, 0.4) is 0 Å². The Labute approximate surface area is 212 Å². The van der Waals surface area contributed by atoms with Gasteiger partial charge in [-0.3, -0.25) is 0 Å². The molecule has 2 aliphatic rings. The highest BCUT2D eigenvalue weighted by atomic mass is 35.5. The number of carbonyl (C=O) groups is 1. The van der Waals surface area contributed by atoms with E-state index in [2.05, 4.69) is 19.9 Å². The zero-order valence-electron chi connectivity index (χ0n) is 18.3. The molecule has 0 N–H and O–H groups in total. The molecule has 4 aromatic rings. The molecule has 13 heteroatoms. The summed E-state index contributed by atoms with van der Waals surface area (Å²) in [5.41, 5.74) is 0.709. The van der Waals surface area contributed by atoms with Crippen molar-refractivity contribution in [3.05, 3.63) is 71.3 Å². The molecule has 4 heterocycles. The normalized spacial score (nSPS) is 23.2. The molecule has 0 fully saturated rings. The fourth-order valence-electron chi connectivity index (χ4n) is 4.67. The van der Waals surface area contributed by atoms with Crippen LogP contribution in [-0.4, -0.2) is 47.4 Å². The Morgan fingerprint density at radius 2 is 1.22 bits per heavy atom. The van der Waals surface area contributed by atoms with Crippen LogP contribution in [0.2, 0.25) is 10.3 Å². The molecule has 4 aromatic heterocycles. The predicted molar refractivity (Wildman–Crippen MR) is 126 cm³/mol. The molecule has 6 rings (SSSR count). The largest absolute Gasteiger partial charge is 0.509 e. The van der Waals surface area contributed by atoms with E-state index in [9.17, 15) is 13.6 Å². The first kappa shape index (κ1) is 22.9. The Morgan fingerprint density at radius 3 is 1.67 bits per heavy atom. The molecule has 2 aliphatic carbocycles. The van der Waals surface area contributed by atoms with Gasteiger partial charge in [0.15, 0.2) is 11.6 Å². The highest BCUT2D eigenvalue weighted by Gasteiger charge is 2.30. The molecule has 0 saturated carbocycles. The average Bonchev–Trinajstić information content (AvgIpc) is 3.61. The molecular weight excluding hydrogens is 517 g/mol. The van der Waals surface area contributed by atoms with E-state index in [0.29, 0.717) is 24.1 Å². The second kappa shape index (κ2) is 8.82. The van der Waals surface area contributed by atoms with Gasteiger partial charge in [-0.15, -0.1) is 0 Å². The van der Waals surface area contributed by atoms with Gasteiger partial charge in [0, 0.05) is 25.2 Å². The molecule has 0 saturated heterocycles. The Balaban J connectivity index is 1.08. The van der Waals surface area contributed by atoms with Crippen LogP contribution in [0.25, 0.3) is 22.1 Å². The maximum absolute atomic E-state index is 14.4. The maximum Gasteiger partial charge on any atom is 0.509 e. The summed E-state index contributed by atoms with van der Waals surface area (Å²) in [5.74, 6) is -1.06. The van der Waals surface area contributed by atoms with E-state index in [1.807, 2.05) is 0 Å². The summed E-state index contributed by atoms with van der Waals surface area (Å²) in [7, 11) is 0. The molecule has 0 radical (unpaired) electrons. The van der Waals surface area contributed by atoms with Crippen molar-refractivity contribution in [2.75, 3.05) is 0 Å². The number of aromatic nitrogens is 6. The van der Waals surface area contributed by atoms with Crippen LogP contribution < -0.4 is 0 Å². The van der Waals surface area contributed by atoms with Gasteiger partial charge < -0.3 is 18.6 Å². The molecule has 184 valence electrons. The number of carbonyl (C=O) groups excluding carboxylic acids is 1.